The van der Waals surface area contributed by atoms with E-state index >= 15 is 0 Å². The zero-order valence-corrected chi connectivity index (χ0v) is 18.3. The lowest BCUT2D eigenvalue weighted by Gasteiger charge is -2.18. The summed E-state index contributed by atoms with van der Waals surface area (Å²) in [6.07, 6.45) is 1.31. The fourth-order valence-electron chi connectivity index (χ4n) is 3.32. The van der Waals surface area contributed by atoms with Crippen molar-refractivity contribution in [1.29, 1.82) is 0 Å². The third-order valence-electron chi connectivity index (χ3n) is 4.80. The van der Waals surface area contributed by atoms with Crippen LogP contribution in [0.15, 0.2) is 53.2 Å². The van der Waals surface area contributed by atoms with Gasteiger partial charge >= 0.3 is 5.97 Å². The molecule has 1 aliphatic rings. The number of thiazole rings is 1. The third-order valence-corrected chi connectivity index (χ3v) is 6.65. The minimum Gasteiger partial charge on any atom is -0.455 e. The number of benzene rings is 1. The second kappa shape index (κ2) is 9.84. The van der Waals surface area contributed by atoms with Crippen LogP contribution in [0.25, 0.3) is 0 Å². The van der Waals surface area contributed by atoms with E-state index in [9.17, 15) is 14.4 Å². The Kier molecular flexibility index (Phi) is 6.73. The first kappa shape index (κ1) is 21.2. The zero-order chi connectivity index (χ0) is 21.6. The van der Waals surface area contributed by atoms with Crippen LogP contribution in [0.3, 0.4) is 0 Å². The molecular formula is C22H21N3O4S2. The second-order valence-electron chi connectivity index (χ2n) is 7.03. The first-order valence-electron chi connectivity index (χ1n) is 9.88. The van der Waals surface area contributed by atoms with Crippen LogP contribution >= 0.6 is 22.7 Å². The molecule has 4 rings (SSSR count). The van der Waals surface area contributed by atoms with Crippen LogP contribution in [0.4, 0.5) is 5.13 Å². The van der Waals surface area contributed by atoms with Crippen molar-refractivity contribution in [3.8, 4) is 0 Å². The van der Waals surface area contributed by atoms with Crippen molar-refractivity contribution < 1.29 is 19.1 Å². The van der Waals surface area contributed by atoms with Crippen LogP contribution in [0.1, 0.15) is 35.0 Å². The highest BCUT2D eigenvalue weighted by molar-refractivity contribution is 7.14. The van der Waals surface area contributed by atoms with Gasteiger partial charge in [0.15, 0.2) is 11.7 Å². The smallest absolute Gasteiger partial charge is 0.312 e. The van der Waals surface area contributed by atoms with E-state index in [2.05, 4.69) is 10.3 Å². The van der Waals surface area contributed by atoms with Gasteiger partial charge in [0, 0.05) is 23.2 Å². The molecule has 1 fully saturated rings. The molecule has 0 spiro atoms. The van der Waals surface area contributed by atoms with E-state index in [4.69, 9.17) is 4.74 Å². The highest BCUT2D eigenvalue weighted by atomic mass is 32.1. The van der Waals surface area contributed by atoms with Gasteiger partial charge in [-0.05, 0) is 23.4 Å². The summed E-state index contributed by atoms with van der Waals surface area (Å²) < 4.78 is 5.15. The number of ether oxygens (including phenoxy) is 1. The normalized spacial score (nSPS) is 14.5. The molecule has 3 aromatic rings. The Morgan fingerprint density at radius 1 is 1.16 bits per heavy atom. The number of amides is 2. The minimum atomic E-state index is -0.535. The van der Waals surface area contributed by atoms with E-state index in [0.29, 0.717) is 23.8 Å². The molecule has 3 heterocycles. The van der Waals surface area contributed by atoms with Crippen LogP contribution in [0.5, 0.6) is 0 Å². The summed E-state index contributed by atoms with van der Waals surface area (Å²) in [4.78, 5) is 43.4. The van der Waals surface area contributed by atoms with Gasteiger partial charge in [0.1, 0.15) is 0 Å². The van der Waals surface area contributed by atoms with Crippen molar-refractivity contribution in [2.75, 3.05) is 18.1 Å². The molecule has 0 saturated carbocycles. The van der Waals surface area contributed by atoms with Crippen molar-refractivity contribution in [2.24, 2.45) is 0 Å². The molecule has 160 valence electrons. The minimum absolute atomic E-state index is 0.0428. The van der Waals surface area contributed by atoms with E-state index < -0.39 is 5.97 Å². The SMILES string of the molecule is O=C(COC(=O)Cc1csc(N2CCCC2=O)n1)NC(c1ccccc1)c1cccs1. The maximum absolute atomic E-state index is 12.5. The fourth-order valence-corrected chi connectivity index (χ4v) is 4.99. The van der Waals surface area contributed by atoms with Crippen molar-refractivity contribution >= 4 is 45.6 Å². The Hall–Kier alpha value is -3.04. The zero-order valence-electron chi connectivity index (χ0n) is 16.7. The number of aromatic nitrogens is 1. The van der Waals surface area contributed by atoms with Gasteiger partial charge in [-0.3, -0.25) is 19.3 Å². The standard InChI is InChI=1S/C22H21N3O4S2/c26-18(24-21(17-8-5-11-30-17)15-6-2-1-3-7-15)13-29-20(28)12-16-14-31-22(23-16)25-10-4-9-19(25)27/h1-3,5-8,11,14,21H,4,9-10,12-13H2,(H,24,26). The van der Waals surface area contributed by atoms with Crippen LogP contribution in [-0.2, 0) is 25.5 Å². The molecule has 2 aromatic heterocycles. The molecule has 0 bridgehead atoms. The number of anilines is 1. The molecule has 1 atom stereocenters. The summed E-state index contributed by atoms with van der Waals surface area (Å²) >= 11 is 2.88. The van der Waals surface area contributed by atoms with Gasteiger partial charge in [-0.2, -0.15) is 0 Å². The first-order valence-corrected chi connectivity index (χ1v) is 11.6. The summed E-state index contributed by atoms with van der Waals surface area (Å²) in [6, 6.07) is 13.2. The summed E-state index contributed by atoms with van der Waals surface area (Å²) in [5.74, 6) is -0.858. The Morgan fingerprint density at radius 2 is 2.00 bits per heavy atom. The highest BCUT2D eigenvalue weighted by Gasteiger charge is 2.25. The average molecular weight is 456 g/mol. The van der Waals surface area contributed by atoms with E-state index in [-0.39, 0.29) is 30.9 Å². The number of hydrogen-bond donors (Lipinski definition) is 1. The monoisotopic (exact) mass is 455 g/mol. The quantitative estimate of drug-likeness (QED) is 0.527. The third kappa shape index (κ3) is 5.36. The molecule has 1 aliphatic heterocycles. The van der Waals surface area contributed by atoms with E-state index in [0.717, 1.165) is 16.9 Å². The molecule has 1 aromatic carbocycles. The van der Waals surface area contributed by atoms with Gasteiger partial charge in [-0.1, -0.05) is 36.4 Å². The molecule has 7 nitrogen and oxygen atoms in total. The number of thiophene rings is 1. The number of rotatable bonds is 8. The average Bonchev–Trinajstić information content (AvgIpc) is 3.53. The summed E-state index contributed by atoms with van der Waals surface area (Å²) in [5, 5.41) is 7.23. The van der Waals surface area contributed by atoms with Gasteiger partial charge in [0.2, 0.25) is 5.91 Å². The highest BCUT2D eigenvalue weighted by Crippen LogP contribution is 2.26. The van der Waals surface area contributed by atoms with Crippen molar-refractivity contribution in [3.63, 3.8) is 0 Å². The second-order valence-corrected chi connectivity index (χ2v) is 8.85. The molecule has 2 amide bonds. The topological polar surface area (TPSA) is 88.6 Å². The first-order chi connectivity index (χ1) is 15.1. The van der Waals surface area contributed by atoms with Crippen molar-refractivity contribution in [3.05, 3.63) is 69.4 Å². The van der Waals surface area contributed by atoms with Gasteiger partial charge in [-0.15, -0.1) is 22.7 Å². The Bertz CT molecular complexity index is 1050. The molecule has 1 saturated heterocycles. The lowest BCUT2D eigenvalue weighted by molar-refractivity contribution is -0.148. The van der Waals surface area contributed by atoms with E-state index in [1.807, 2.05) is 47.8 Å². The number of nitrogens with one attached hydrogen (secondary N) is 1. The van der Waals surface area contributed by atoms with E-state index in [1.165, 1.54) is 11.3 Å². The lowest BCUT2D eigenvalue weighted by atomic mass is 10.1. The van der Waals surface area contributed by atoms with Crippen LogP contribution in [0, 0.1) is 0 Å². The van der Waals surface area contributed by atoms with Crippen LogP contribution in [0.2, 0.25) is 0 Å². The molecule has 1 N–H and O–H groups in total. The summed E-state index contributed by atoms with van der Waals surface area (Å²) in [5.41, 5.74) is 1.49. The summed E-state index contributed by atoms with van der Waals surface area (Å²) in [7, 11) is 0. The predicted octanol–water partition coefficient (Wildman–Crippen LogP) is 3.32. The largest absolute Gasteiger partial charge is 0.455 e. The molecular weight excluding hydrogens is 434 g/mol. The molecule has 31 heavy (non-hydrogen) atoms. The maximum Gasteiger partial charge on any atom is 0.312 e. The summed E-state index contributed by atoms with van der Waals surface area (Å²) in [6.45, 7) is 0.290. The molecule has 1 unspecified atom stereocenters. The Morgan fingerprint density at radius 3 is 2.71 bits per heavy atom. The van der Waals surface area contributed by atoms with Gasteiger partial charge < -0.3 is 10.1 Å². The molecule has 9 heteroatoms. The number of hydrogen-bond acceptors (Lipinski definition) is 7. The Labute approximate surface area is 187 Å². The van der Waals surface area contributed by atoms with Crippen LogP contribution < -0.4 is 10.2 Å². The maximum atomic E-state index is 12.5. The van der Waals surface area contributed by atoms with Crippen molar-refractivity contribution in [1.82, 2.24) is 10.3 Å². The number of carbonyl (C=O) groups is 3. The van der Waals surface area contributed by atoms with Gasteiger partial charge in [0.25, 0.3) is 5.91 Å². The van der Waals surface area contributed by atoms with Crippen molar-refractivity contribution in [2.45, 2.75) is 25.3 Å². The Balaban J connectivity index is 1.30. The van der Waals surface area contributed by atoms with Gasteiger partial charge in [0.05, 0.1) is 18.2 Å². The van der Waals surface area contributed by atoms with E-state index in [1.54, 1.807) is 21.6 Å². The molecule has 0 aliphatic carbocycles. The predicted molar refractivity (Wildman–Crippen MR) is 119 cm³/mol. The van der Waals surface area contributed by atoms with Crippen LogP contribution in [-0.4, -0.2) is 35.9 Å². The fraction of sp³-hybridized carbons (Fsp3) is 0.273. The number of esters is 1. The number of carbonyl (C=O) groups excluding carboxylic acids is 3. The van der Waals surface area contributed by atoms with Gasteiger partial charge in [-0.25, -0.2) is 4.98 Å². The number of nitrogens with zero attached hydrogens (tertiary/aromatic N) is 2. The molecule has 0 radical (unpaired) electrons. The lowest BCUT2D eigenvalue weighted by Crippen LogP contribution is -2.33.